The Morgan fingerprint density at radius 1 is 1.27 bits per heavy atom. The molecule has 1 saturated carbocycles. The van der Waals surface area contributed by atoms with Crippen molar-refractivity contribution in [1.29, 1.82) is 0 Å². The fraction of sp³-hybridized carbons (Fsp3) is 0.400. The molecule has 2 aromatic carbocycles. The number of phenolic OH excluding ortho intramolecular Hbond substituents is 1. The predicted molar refractivity (Wildman–Crippen MR) is 140 cm³/mol. The van der Waals surface area contributed by atoms with E-state index in [0.717, 1.165) is 12.1 Å². The molecular formula is C30H29F3N2O5. The average molecular weight is 555 g/mol. The van der Waals surface area contributed by atoms with Gasteiger partial charge in [-0.25, -0.2) is 0 Å². The van der Waals surface area contributed by atoms with Gasteiger partial charge in [0, 0.05) is 37.3 Å². The summed E-state index contributed by atoms with van der Waals surface area (Å²) in [6.07, 6.45) is -0.0172. The molecule has 0 unspecified atom stereocenters. The van der Waals surface area contributed by atoms with E-state index in [9.17, 15) is 33.0 Å². The number of rotatable bonds is 5. The molecule has 2 aliphatic heterocycles. The molecule has 1 amide bonds. The van der Waals surface area contributed by atoms with Crippen LogP contribution in [-0.4, -0.2) is 75.6 Å². The first kappa shape index (κ1) is 26.6. The average Bonchev–Trinajstić information content (AvgIpc) is 3.27. The van der Waals surface area contributed by atoms with Crippen molar-refractivity contribution in [2.24, 2.45) is 0 Å². The number of nitrogens with zero attached hydrogens (tertiary/aromatic N) is 2. The maximum Gasteiger partial charge on any atom is 0.416 e. The van der Waals surface area contributed by atoms with Crippen LogP contribution < -0.4 is 4.74 Å². The van der Waals surface area contributed by atoms with Gasteiger partial charge < -0.3 is 19.8 Å². The molecule has 2 aromatic rings. The predicted octanol–water partition coefficient (Wildman–Crippen LogP) is 3.93. The van der Waals surface area contributed by atoms with Gasteiger partial charge in [-0.3, -0.25) is 14.5 Å². The Morgan fingerprint density at radius 2 is 2.05 bits per heavy atom. The van der Waals surface area contributed by atoms with Crippen molar-refractivity contribution in [1.82, 2.24) is 9.80 Å². The van der Waals surface area contributed by atoms with Crippen LogP contribution in [0.3, 0.4) is 0 Å². The maximum atomic E-state index is 13.8. The van der Waals surface area contributed by atoms with Crippen LogP contribution in [0.15, 0.2) is 55.1 Å². The molecule has 6 rings (SSSR count). The zero-order valence-electron chi connectivity index (χ0n) is 21.8. The lowest BCUT2D eigenvalue weighted by molar-refractivity contribution is -0.186. The number of Topliss-reactive ketones (excluding diaryl/α,β-unsaturated/α-hetero) is 1. The van der Waals surface area contributed by atoms with E-state index in [2.05, 4.69) is 6.58 Å². The highest BCUT2D eigenvalue weighted by Crippen LogP contribution is 2.65. The van der Waals surface area contributed by atoms with Crippen LogP contribution in [0.4, 0.5) is 13.2 Å². The van der Waals surface area contributed by atoms with E-state index in [-0.39, 0.29) is 29.3 Å². The van der Waals surface area contributed by atoms with Gasteiger partial charge in [0.15, 0.2) is 17.3 Å². The lowest BCUT2D eigenvalue weighted by Gasteiger charge is -2.63. The molecule has 2 heterocycles. The number of halogens is 3. The second-order valence-corrected chi connectivity index (χ2v) is 11.1. The smallest absolute Gasteiger partial charge is 0.416 e. The number of alkyl halides is 3. The number of piperidine rings is 1. The van der Waals surface area contributed by atoms with E-state index in [1.54, 1.807) is 19.2 Å². The minimum Gasteiger partial charge on any atom is -0.504 e. The van der Waals surface area contributed by atoms with Crippen LogP contribution in [0.25, 0.3) is 6.08 Å². The number of likely N-dealkylation sites (N-methyl/N-ethyl adjacent to an activating group) is 1. The SMILES string of the molecule is C=CCN1CC[C@]23c4c5ccc(O)c4O[C@H]2[C@H](N(C)C(=O)C=Cc2cccc(C(F)(F)F)c2)CC[C@@]3(O)[C@H]1C5=O. The fourth-order valence-electron chi connectivity index (χ4n) is 7.49. The maximum absolute atomic E-state index is 13.8. The van der Waals surface area contributed by atoms with Crippen molar-refractivity contribution in [3.05, 3.63) is 77.4 Å². The summed E-state index contributed by atoms with van der Waals surface area (Å²) < 4.78 is 45.7. The number of hydrogen-bond donors (Lipinski definition) is 2. The Labute approximate surface area is 229 Å². The largest absolute Gasteiger partial charge is 0.504 e. The van der Waals surface area contributed by atoms with Gasteiger partial charge in [-0.2, -0.15) is 13.2 Å². The normalized spacial score (nSPS) is 30.6. The molecule has 0 radical (unpaired) electrons. The Bertz CT molecular complexity index is 1460. The molecule has 5 atom stereocenters. The molecule has 1 spiro atoms. The lowest BCUT2D eigenvalue weighted by Crippen LogP contribution is -2.79. The van der Waals surface area contributed by atoms with Gasteiger partial charge in [-0.05, 0) is 55.2 Å². The summed E-state index contributed by atoms with van der Waals surface area (Å²) in [5.74, 6) is -0.646. The third-order valence-corrected chi connectivity index (χ3v) is 9.22. The van der Waals surface area contributed by atoms with E-state index in [1.165, 1.54) is 35.3 Å². The Hall–Kier alpha value is -3.63. The van der Waals surface area contributed by atoms with Crippen molar-refractivity contribution in [2.75, 3.05) is 20.1 Å². The minimum absolute atomic E-state index is 0.137. The summed E-state index contributed by atoms with van der Waals surface area (Å²) in [5.41, 5.74) is -2.19. The number of carbonyl (C=O) groups excluding carboxylic acids is 2. The van der Waals surface area contributed by atoms with Gasteiger partial charge in [0.05, 0.1) is 17.0 Å². The molecule has 40 heavy (non-hydrogen) atoms. The second-order valence-electron chi connectivity index (χ2n) is 11.1. The topological polar surface area (TPSA) is 90.3 Å². The zero-order chi connectivity index (χ0) is 28.6. The summed E-state index contributed by atoms with van der Waals surface area (Å²) in [7, 11) is 1.59. The summed E-state index contributed by atoms with van der Waals surface area (Å²) >= 11 is 0. The monoisotopic (exact) mass is 554 g/mol. The number of amides is 1. The standard InChI is InChI=1S/C30H29F3N2O5/c1-3-14-35-15-13-28-23-19-8-9-21(36)25(23)40-27(28)20(11-12-29(28,39)26(35)24(19)38)34(2)22(37)10-7-17-5-4-6-18(16-17)30(31,32)33/h3-10,16,20,26-27,36,39H,1,11-15H2,2H3/t20-,26-,27+,28+,29-/m1/s1. The van der Waals surface area contributed by atoms with Gasteiger partial charge in [-0.15, -0.1) is 6.58 Å². The quantitative estimate of drug-likeness (QED) is 0.430. The van der Waals surface area contributed by atoms with Gasteiger partial charge >= 0.3 is 6.18 Å². The summed E-state index contributed by atoms with van der Waals surface area (Å²) in [6, 6.07) is 6.34. The number of aromatic hydroxyl groups is 1. The summed E-state index contributed by atoms with van der Waals surface area (Å²) in [4.78, 5) is 30.5. The minimum atomic E-state index is -4.50. The van der Waals surface area contributed by atoms with E-state index in [1.807, 2.05) is 4.90 Å². The van der Waals surface area contributed by atoms with E-state index in [4.69, 9.17) is 4.74 Å². The van der Waals surface area contributed by atoms with Gasteiger partial charge in [-0.1, -0.05) is 18.2 Å². The van der Waals surface area contributed by atoms with Gasteiger partial charge in [0.2, 0.25) is 5.91 Å². The highest BCUT2D eigenvalue weighted by atomic mass is 19.4. The molecule has 7 nitrogen and oxygen atoms in total. The molecule has 210 valence electrons. The first-order valence-corrected chi connectivity index (χ1v) is 13.2. The van der Waals surface area contributed by atoms with Crippen LogP contribution in [0.5, 0.6) is 11.5 Å². The molecule has 10 heteroatoms. The van der Waals surface area contributed by atoms with Gasteiger partial charge in [0.1, 0.15) is 17.7 Å². The number of ketones is 1. The van der Waals surface area contributed by atoms with E-state index < -0.39 is 46.9 Å². The number of ether oxygens (including phenoxy) is 1. The second kappa shape index (κ2) is 8.94. The molecule has 4 aliphatic rings. The summed E-state index contributed by atoms with van der Waals surface area (Å²) in [6.45, 7) is 4.71. The molecule has 1 saturated heterocycles. The first-order valence-electron chi connectivity index (χ1n) is 13.2. The van der Waals surface area contributed by atoms with E-state index in [0.29, 0.717) is 37.1 Å². The number of aliphatic hydroxyl groups is 1. The van der Waals surface area contributed by atoms with Crippen LogP contribution in [0, 0.1) is 0 Å². The molecule has 2 aliphatic carbocycles. The number of hydrogen-bond acceptors (Lipinski definition) is 6. The molecule has 2 bridgehead atoms. The molecule has 2 N–H and O–H groups in total. The molecule has 2 fully saturated rings. The van der Waals surface area contributed by atoms with Crippen LogP contribution in [0.2, 0.25) is 0 Å². The lowest BCUT2D eigenvalue weighted by atomic mass is 9.48. The number of likely N-dealkylation sites (tertiary alicyclic amines) is 1. The zero-order valence-corrected chi connectivity index (χ0v) is 21.8. The molecule has 0 aromatic heterocycles. The molecular weight excluding hydrogens is 525 g/mol. The Balaban J connectivity index is 1.36. The number of carbonyl (C=O) groups is 2. The van der Waals surface area contributed by atoms with Crippen molar-refractivity contribution in [2.45, 2.75) is 54.6 Å². The third kappa shape index (κ3) is 3.51. The highest BCUT2D eigenvalue weighted by Gasteiger charge is 2.75. The van der Waals surface area contributed by atoms with Crippen molar-refractivity contribution in [3.63, 3.8) is 0 Å². The first-order chi connectivity index (χ1) is 18.9. The fourth-order valence-corrected chi connectivity index (χ4v) is 7.49. The summed E-state index contributed by atoms with van der Waals surface area (Å²) in [5, 5.41) is 23.1. The van der Waals surface area contributed by atoms with Crippen LogP contribution in [-0.2, 0) is 16.4 Å². The Morgan fingerprint density at radius 3 is 2.77 bits per heavy atom. The highest BCUT2D eigenvalue weighted by molar-refractivity contribution is 6.06. The number of phenols is 1. The van der Waals surface area contributed by atoms with Crippen LogP contribution in [0.1, 0.15) is 46.3 Å². The van der Waals surface area contributed by atoms with Crippen LogP contribution >= 0.6 is 0 Å². The third-order valence-electron chi connectivity index (χ3n) is 9.22. The van der Waals surface area contributed by atoms with Crippen molar-refractivity contribution in [3.8, 4) is 11.5 Å². The van der Waals surface area contributed by atoms with Crippen molar-refractivity contribution < 1.29 is 37.7 Å². The van der Waals surface area contributed by atoms with Crippen molar-refractivity contribution >= 4 is 17.8 Å². The number of benzene rings is 2. The van der Waals surface area contributed by atoms with E-state index >= 15 is 0 Å². The Kier molecular flexibility index (Phi) is 5.94. The van der Waals surface area contributed by atoms with Gasteiger partial charge in [0.25, 0.3) is 0 Å².